The lowest BCUT2D eigenvalue weighted by molar-refractivity contribution is -0.121. The number of amides is 1. The van der Waals surface area contributed by atoms with Crippen LogP contribution >= 0.6 is 11.3 Å². The zero-order valence-electron chi connectivity index (χ0n) is 12.0. The summed E-state index contributed by atoms with van der Waals surface area (Å²) in [6.45, 7) is 2.59. The van der Waals surface area contributed by atoms with E-state index in [9.17, 15) is 13.2 Å². The standard InChI is InChI=1S/C13H22N2O3S2/c1-3-4-5-6-9-14-12(16)11-15(2)20(17,18)13-8-7-10-19-13/h7-8,10H,3-6,9,11H2,1-2H3,(H,14,16). The van der Waals surface area contributed by atoms with Crippen molar-refractivity contribution in [2.45, 2.75) is 36.8 Å². The van der Waals surface area contributed by atoms with E-state index < -0.39 is 10.0 Å². The van der Waals surface area contributed by atoms with Crippen LogP contribution in [0.4, 0.5) is 0 Å². The highest BCUT2D eigenvalue weighted by molar-refractivity contribution is 7.91. The molecule has 0 aromatic carbocycles. The van der Waals surface area contributed by atoms with Gasteiger partial charge >= 0.3 is 0 Å². The van der Waals surface area contributed by atoms with Crippen LogP contribution in [0.5, 0.6) is 0 Å². The molecule has 0 fully saturated rings. The van der Waals surface area contributed by atoms with Gasteiger partial charge in [0, 0.05) is 13.6 Å². The number of unbranched alkanes of at least 4 members (excludes halogenated alkanes) is 3. The zero-order valence-corrected chi connectivity index (χ0v) is 13.6. The third-order valence-corrected chi connectivity index (χ3v) is 6.05. The van der Waals surface area contributed by atoms with Gasteiger partial charge in [0.05, 0.1) is 6.54 Å². The summed E-state index contributed by atoms with van der Waals surface area (Å²) in [7, 11) is -2.12. The lowest BCUT2D eigenvalue weighted by atomic mass is 10.2. The average Bonchev–Trinajstić information content (AvgIpc) is 2.92. The van der Waals surface area contributed by atoms with Crippen LogP contribution in [0.15, 0.2) is 21.7 Å². The van der Waals surface area contributed by atoms with Crippen LogP contribution in [0.3, 0.4) is 0 Å². The molecule has 0 saturated heterocycles. The molecule has 1 aromatic heterocycles. The van der Waals surface area contributed by atoms with E-state index in [2.05, 4.69) is 12.2 Å². The smallest absolute Gasteiger partial charge is 0.252 e. The fraction of sp³-hybridized carbons (Fsp3) is 0.615. The molecule has 0 atom stereocenters. The Kier molecular flexibility index (Phi) is 7.18. The summed E-state index contributed by atoms with van der Waals surface area (Å²) in [5.41, 5.74) is 0. The van der Waals surface area contributed by atoms with Crippen LogP contribution < -0.4 is 5.32 Å². The Labute approximate surface area is 125 Å². The highest BCUT2D eigenvalue weighted by atomic mass is 32.2. The molecule has 1 rings (SSSR count). The predicted octanol–water partition coefficient (Wildman–Crippen LogP) is 2.07. The summed E-state index contributed by atoms with van der Waals surface area (Å²) < 4.78 is 25.5. The normalized spacial score (nSPS) is 11.8. The van der Waals surface area contributed by atoms with Gasteiger partial charge in [-0.25, -0.2) is 8.42 Å². The van der Waals surface area contributed by atoms with E-state index in [1.807, 2.05) is 0 Å². The maximum Gasteiger partial charge on any atom is 0.252 e. The number of likely N-dealkylation sites (N-methyl/N-ethyl adjacent to an activating group) is 1. The van der Waals surface area contributed by atoms with Crippen LogP contribution in [0.25, 0.3) is 0 Å². The summed E-state index contributed by atoms with van der Waals surface area (Å²) in [5.74, 6) is -0.260. The molecule has 0 unspecified atom stereocenters. The molecule has 1 heterocycles. The minimum atomic E-state index is -3.54. The van der Waals surface area contributed by atoms with Gasteiger partial charge in [-0.2, -0.15) is 4.31 Å². The second-order valence-corrected chi connectivity index (χ2v) is 7.82. The second-order valence-electron chi connectivity index (χ2n) is 4.60. The number of sulfonamides is 1. The lowest BCUT2D eigenvalue weighted by Gasteiger charge is -2.15. The van der Waals surface area contributed by atoms with Crippen molar-refractivity contribution in [3.63, 3.8) is 0 Å². The predicted molar refractivity (Wildman–Crippen MR) is 81.3 cm³/mol. The third-order valence-electron chi connectivity index (χ3n) is 2.88. The van der Waals surface area contributed by atoms with Gasteiger partial charge in [-0.15, -0.1) is 11.3 Å². The van der Waals surface area contributed by atoms with E-state index in [1.165, 1.54) is 7.05 Å². The largest absolute Gasteiger partial charge is 0.355 e. The summed E-state index contributed by atoms with van der Waals surface area (Å²) in [6.07, 6.45) is 4.32. The van der Waals surface area contributed by atoms with Crippen LogP contribution in [0, 0.1) is 0 Å². The number of carbonyl (C=O) groups is 1. The zero-order chi connectivity index (χ0) is 15.0. The van der Waals surface area contributed by atoms with Gasteiger partial charge in [-0.05, 0) is 17.9 Å². The van der Waals surface area contributed by atoms with Gasteiger partial charge in [0.1, 0.15) is 4.21 Å². The monoisotopic (exact) mass is 318 g/mol. The van der Waals surface area contributed by atoms with Crippen molar-refractivity contribution in [3.8, 4) is 0 Å². The minimum Gasteiger partial charge on any atom is -0.355 e. The molecule has 114 valence electrons. The van der Waals surface area contributed by atoms with Crippen LogP contribution in [0.1, 0.15) is 32.6 Å². The molecule has 5 nitrogen and oxygen atoms in total. The quantitative estimate of drug-likeness (QED) is 0.709. The first-order valence-corrected chi connectivity index (χ1v) is 9.07. The van der Waals surface area contributed by atoms with Gasteiger partial charge in [-0.3, -0.25) is 4.79 Å². The molecular weight excluding hydrogens is 296 g/mol. The fourth-order valence-corrected chi connectivity index (χ4v) is 4.01. The molecule has 0 radical (unpaired) electrons. The van der Waals surface area contributed by atoms with Gasteiger partial charge in [-0.1, -0.05) is 32.3 Å². The first-order valence-electron chi connectivity index (χ1n) is 6.75. The molecule has 0 saturated carbocycles. The number of nitrogens with one attached hydrogen (secondary N) is 1. The average molecular weight is 318 g/mol. The van der Waals surface area contributed by atoms with Gasteiger partial charge in [0.15, 0.2) is 0 Å². The molecular formula is C13H22N2O3S2. The highest BCUT2D eigenvalue weighted by Gasteiger charge is 2.23. The van der Waals surface area contributed by atoms with Crippen molar-refractivity contribution in [2.75, 3.05) is 20.1 Å². The number of carbonyl (C=O) groups excluding carboxylic acids is 1. The van der Waals surface area contributed by atoms with Crippen molar-refractivity contribution < 1.29 is 13.2 Å². The van der Waals surface area contributed by atoms with Crippen molar-refractivity contribution in [3.05, 3.63) is 17.5 Å². The highest BCUT2D eigenvalue weighted by Crippen LogP contribution is 2.19. The fourth-order valence-electron chi connectivity index (χ4n) is 1.69. The van der Waals surface area contributed by atoms with Crippen LogP contribution in [0.2, 0.25) is 0 Å². The number of rotatable bonds is 9. The van der Waals surface area contributed by atoms with E-state index in [-0.39, 0.29) is 16.7 Å². The number of hydrogen-bond acceptors (Lipinski definition) is 4. The van der Waals surface area contributed by atoms with E-state index >= 15 is 0 Å². The maximum absolute atomic E-state index is 12.1. The molecule has 1 N–H and O–H groups in total. The van der Waals surface area contributed by atoms with Crippen molar-refractivity contribution >= 4 is 27.3 Å². The van der Waals surface area contributed by atoms with Crippen molar-refractivity contribution in [2.24, 2.45) is 0 Å². The molecule has 20 heavy (non-hydrogen) atoms. The summed E-state index contributed by atoms with van der Waals surface area (Å²) >= 11 is 1.15. The van der Waals surface area contributed by atoms with E-state index in [1.54, 1.807) is 17.5 Å². The third kappa shape index (κ3) is 5.22. The molecule has 0 aliphatic heterocycles. The first kappa shape index (κ1) is 17.1. The Hall–Kier alpha value is -0.920. The maximum atomic E-state index is 12.1. The van der Waals surface area contributed by atoms with Gasteiger partial charge < -0.3 is 5.32 Å². The summed E-state index contributed by atoms with van der Waals surface area (Å²) in [5, 5.41) is 4.45. The summed E-state index contributed by atoms with van der Waals surface area (Å²) in [4.78, 5) is 11.7. The second kappa shape index (κ2) is 8.39. The van der Waals surface area contributed by atoms with E-state index in [0.717, 1.165) is 41.3 Å². The van der Waals surface area contributed by atoms with Crippen molar-refractivity contribution in [1.29, 1.82) is 0 Å². The SMILES string of the molecule is CCCCCCNC(=O)CN(C)S(=O)(=O)c1cccs1. The van der Waals surface area contributed by atoms with E-state index in [0.29, 0.717) is 6.54 Å². The minimum absolute atomic E-state index is 0.145. The molecule has 1 aromatic rings. The van der Waals surface area contributed by atoms with Gasteiger partial charge in [0.2, 0.25) is 5.91 Å². The van der Waals surface area contributed by atoms with E-state index in [4.69, 9.17) is 0 Å². The molecule has 7 heteroatoms. The Balaban J connectivity index is 2.38. The van der Waals surface area contributed by atoms with Crippen LogP contribution in [-0.4, -0.2) is 38.8 Å². The topological polar surface area (TPSA) is 66.5 Å². The Morgan fingerprint density at radius 3 is 2.70 bits per heavy atom. The Morgan fingerprint density at radius 1 is 1.35 bits per heavy atom. The number of hydrogen-bond donors (Lipinski definition) is 1. The van der Waals surface area contributed by atoms with Gasteiger partial charge in [0.25, 0.3) is 10.0 Å². The molecule has 0 spiro atoms. The van der Waals surface area contributed by atoms with Crippen LogP contribution in [-0.2, 0) is 14.8 Å². The lowest BCUT2D eigenvalue weighted by Crippen LogP contribution is -2.38. The number of nitrogens with zero attached hydrogens (tertiary/aromatic N) is 1. The van der Waals surface area contributed by atoms with Crippen molar-refractivity contribution in [1.82, 2.24) is 9.62 Å². The molecule has 0 bridgehead atoms. The Morgan fingerprint density at radius 2 is 2.10 bits per heavy atom. The first-order chi connectivity index (χ1) is 9.48. The molecule has 0 aliphatic carbocycles. The Bertz CT molecular complexity index is 498. The molecule has 0 aliphatic rings. The number of thiophene rings is 1. The summed E-state index contributed by atoms with van der Waals surface area (Å²) in [6, 6.07) is 3.22. The molecule has 1 amide bonds.